The van der Waals surface area contributed by atoms with E-state index >= 15 is 0 Å². The van der Waals surface area contributed by atoms with Crippen LogP contribution in [-0.2, 0) is 19.4 Å². The first-order valence-electron chi connectivity index (χ1n) is 6.08. The summed E-state index contributed by atoms with van der Waals surface area (Å²) in [5, 5.41) is 11.7. The topological polar surface area (TPSA) is 101 Å². The van der Waals surface area contributed by atoms with Gasteiger partial charge < -0.3 is 10.4 Å². The fraction of sp³-hybridized carbons (Fsp3) is 0.818. The summed E-state index contributed by atoms with van der Waals surface area (Å²) in [5.74, 6) is -1.37. The molecular formula is C11H17NO5S. The zero-order chi connectivity index (χ0) is 13.4. The summed E-state index contributed by atoms with van der Waals surface area (Å²) in [7, 11) is -2.95. The van der Waals surface area contributed by atoms with Crippen molar-refractivity contribution in [3.05, 3.63) is 0 Å². The van der Waals surface area contributed by atoms with E-state index in [2.05, 4.69) is 5.32 Å². The number of rotatable bonds is 4. The Balaban J connectivity index is 1.87. The van der Waals surface area contributed by atoms with E-state index in [9.17, 15) is 18.0 Å². The summed E-state index contributed by atoms with van der Waals surface area (Å²) in [5.41, 5.74) is -1.27. The van der Waals surface area contributed by atoms with Crippen molar-refractivity contribution in [3.8, 4) is 0 Å². The number of carbonyl (C=O) groups is 2. The van der Waals surface area contributed by atoms with Gasteiger partial charge in [-0.3, -0.25) is 9.59 Å². The molecule has 18 heavy (non-hydrogen) atoms. The normalized spacial score (nSPS) is 28.3. The minimum Gasteiger partial charge on any atom is -0.480 e. The fourth-order valence-electron chi connectivity index (χ4n) is 2.51. The molecule has 102 valence electrons. The van der Waals surface area contributed by atoms with Crippen molar-refractivity contribution in [1.29, 1.82) is 0 Å². The zero-order valence-electron chi connectivity index (χ0n) is 10.0. The number of nitrogens with one attached hydrogen (secondary N) is 1. The molecule has 2 rings (SSSR count). The van der Waals surface area contributed by atoms with Crippen LogP contribution in [-0.4, -0.2) is 43.5 Å². The van der Waals surface area contributed by atoms with Gasteiger partial charge in [-0.2, -0.15) is 0 Å². The van der Waals surface area contributed by atoms with Crippen LogP contribution in [0.25, 0.3) is 0 Å². The molecule has 1 amide bonds. The molecule has 2 aliphatic rings. The molecule has 0 bridgehead atoms. The van der Waals surface area contributed by atoms with E-state index < -0.39 is 27.1 Å². The minimum absolute atomic E-state index is 0.0788. The summed E-state index contributed by atoms with van der Waals surface area (Å²) >= 11 is 0. The van der Waals surface area contributed by atoms with Crippen molar-refractivity contribution in [2.75, 3.05) is 18.1 Å². The third-order valence-corrected chi connectivity index (χ3v) is 5.77. The second-order valence-electron chi connectivity index (χ2n) is 5.22. The quantitative estimate of drug-likeness (QED) is 0.692. The fourth-order valence-corrected chi connectivity index (χ4v) is 4.37. The second kappa shape index (κ2) is 4.53. The number of carboxylic acids is 1. The van der Waals surface area contributed by atoms with E-state index in [1.165, 1.54) is 0 Å². The standard InChI is InChI=1S/C11H17NO5S/c13-9(11(10(14)15)3-1-4-11)12-6-8-2-5-18(16,17)7-8/h8H,1-7H2,(H,12,13)(H,14,15). The Morgan fingerprint density at radius 3 is 2.39 bits per heavy atom. The van der Waals surface area contributed by atoms with E-state index in [0.717, 1.165) is 6.42 Å². The lowest BCUT2D eigenvalue weighted by atomic mass is 9.68. The molecule has 6 nitrogen and oxygen atoms in total. The lowest BCUT2D eigenvalue weighted by molar-refractivity contribution is -0.162. The Hall–Kier alpha value is -1.11. The summed E-state index contributed by atoms with van der Waals surface area (Å²) in [6.45, 7) is 0.257. The number of carboxylic acid groups (broad SMARTS) is 1. The van der Waals surface area contributed by atoms with Crippen LogP contribution in [0.2, 0.25) is 0 Å². The van der Waals surface area contributed by atoms with E-state index in [1.807, 2.05) is 0 Å². The van der Waals surface area contributed by atoms with Gasteiger partial charge in [0.15, 0.2) is 9.84 Å². The first-order valence-corrected chi connectivity index (χ1v) is 7.90. The molecule has 1 heterocycles. The third kappa shape index (κ3) is 2.36. The van der Waals surface area contributed by atoms with Gasteiger partial charge in [0.25, 0.3) is 0 Å². The summed E-state index contributed by atoms with van der Waals surface area (Å²) in [6.07, 6.45) is 2.04. The lowest BCUT2D eigenvalue weighted by Crippen LogP contribution is -2.51. The van der Waals surface area contributed by atoms with Gasteiger partial charge in [0.2, 0.25) is 5.91 Å². The van der Waals surface area contributed by atoms with E-state index in [-0.39, 0.29) is 24.0 Å². The average molecular weight is 275 g/mol. The molecule has 0 aromatic carbocycles. The van der Waals surface area contributed by atoms with Crippen LogP contribution < -0.4 is 5.32 Å². The monoisotopic (exact) mass is 275 g/mol. The van der Waals surface area contributed by atoms with Gasteiger partial charge in [-0.05, 0) is 25.2 Å². The van der Waals surface area contributed by atoms with Crippen LogP contribution in [0.5, 0.6) is 0 Å². The summed E-state index contributed by atoms with van der Waals surface area (Å²) < 4.78 is 22.5. The van der Waals surface area contributed by atoms with Crippen molar-refractivity contribution < 1.29 is 23.1 Å². The highest BCUT2D eigenvalue weighted by atomic mass is 32.2. The van der Waals surface area contributed by atoms with Crippen molar-refractivity contribution in [3.63, 3.8) is 0 Å². The van der Waals surface area contributed by atoms with Gasteiger partial charge >= 0.3 is 5.97 Å². The molecule has 1 saturated carbocycles. The van der Waals surface area contributed by atoms with E-state index in [1.54, 1.807) is 0 Å². The number of aliphatic carboxylic acids is 1. The molecule has 2 fully saturated rings. The number of sulfone groups is 1. The predicted molar refractivity (Wildman–Crippen MR) is 63.7 cm³/mol. The Labute approximate surface area is 106 Å². The molecule has 1 aliphatic carbocycles. The summed E-state index contributed by atoms with van der Waals surface area (Å²) in [6, 6.07) is 0. The molecule has 1 saturated heterocycles. The number of hydrogen-bond donors (Lipinski definition) is 2. The third-order valence-electron chi connectivity index (χ3n) is 3.93. The Morgan fingerprint density at radius 2 is 2.00 bits per heavy atom. The van der Waals surface area contributed by atoms with Crippen molar-refractivity contribution in [2.45, 2.75) is 25.7 Å². The van der Waals surface area contributed by atoms with Gasteiger partial charge in [0.05, 0.1) is 11.5 Å². The van der Waals surface area contributed by atoms with Crippen molar-refractivity contribution in [1.82, 2.24) is 5.32 Å². The van der Waals surface area contributed by atoms with E-state index in [4.69, 9.17) is 5.11 Å². The molecule has 0 radical (unpaired) electrons. The van der Waals surface area contributed by atoms with Crippen LogP contribution in [0.1, 0.15) is 25.7 Å². The maximum atomic E-state index is 11.9. The van der Waals surface area contributed by atoms with Crippen LogP contribution in [0.4, 0.5) is 0 Å². The van der Waals surface area contributed by atoms with Gasteiger partial charge in [-0.25, -0.2) is 8.42 Å². The Kier molecular flexibility index (Phi) is 3.35. The highest BCUT2D eigenvalue weighted by Crippen LogP contribution is 2.41. The maximum Gasteiger partial charge on any atom is 0.319 e. The summed E-state index contributed by atoms with van der Waals surface area (Å²) in [4.78, 5) is 23.0. The van der Waals surface area contributed by atoms with Crippen molar-refractivity contribution in [2.24, 2.45) is 11.3 Å². The highest BCUT2D eigenvalue weighted by molar-refractivity contribution is 7.91. The van der Waals surface area contributed by atoms with Crippen LogP contribution in [0.15, 0.2) is 0 Å². The predicted octanol–water partition coefficient (Wildman–Crippen LogP) is -0.208. The van der Waals surface area contributed by atoms with Gasteiger partial charge in [-0.15, -0.1) is 0 Å². The van der Waals surface area contributed by atoms with Crippen LogP contribution in [0.3, 0.4) is 0 Å². The zero-order valence-corrected chi connectivity index (χ0v) is 10.8. The number of carbonyl (C=O) groups excluding carboxylic acids is 1. The van der Waals surface area contributed by atoms with Crippen LogP contribution in [0, 0.1) is 11.3 Å². The SMILES string of the molecule is O=C(O)C1(C(=O)NCC2CCS(=O)(=O)C2)CCC1. The molecule has 0 aromatic rings. The molecule has 0 aromatic heterocycles. The van der Waals surface area contributed by atoms with E-state index in [0.29, 0.717) is 19.3 Å². The van der Waals surface area contributed by atoms with Crippen LogP contribution >= 0.6 is 0 Å². The Morgan fingerprint density at radius 1 is 1.33 bits per heavy atom. The first-order chi connectivity index (χ1) is 8.36. The largest absolute Gasteiger partial charge is 0.480 e. The second-order valence-corrected chi connectivity index (χ2v) is 7.45. The minimum atomic E-state index is -2.95. The number of amides is 1. The average Bonchev–Trinajstić information content (AvgIpc) is 2.53. The smallest absolute Gasteiger partial charge is 0.319 e. The molecule has 1 unspecified atom stereocenters. The molecule has 1 atom stereocenters. The highest BCUT2D eigenvalue weighted by Gasteiger charge is 2.51. The van der Waals surface area contributed by atoms with Gasteiger partial charge in [0.1, 0.15) is 5.41 Å². The molecule has 7 heteroatoms. The first kappa shape index (κ1) is 13.3. The Bertz CT molecular complexity index is 466. The van der Waals surface area contributed by atoms with Gasteiger partial charge in [-0.1, -0.05) is 6.42 Å². The number of hydrogen-bond acceptors (Lipinski definition) is 4. The molecule has 2 N–H and O–H groups in total. The molecular weight excluding hydrogens is 258 g/mol. The van der Waals surface area contributed by atoms with Crippen molar-refractivity contribution >= 4 is 21.7 Å². The molecule has 1 aliphatic heterocycles. The molecule has 0 spiro atoms. The van der Waals surface area contributed by atoms with Gasteiger partial charge in [0, 0.05) is 6.54 Å². The maximum absolute atomic E-state index is 11.9. The lowest BCUT2D eigenvalue weighted by Gasteiger charge is -2.36.